The number of aryl methyl sites for hydroxylation is 1. The third-order valence-corrected chi connectivity index (χ3v) is 6.22. The Labute approximate surface area is 194 Å². The molecule has 1 atom stereocenters. The number of carbonyl (C=O) groups excluding carboxylic acids is 1. The van der Waals surface area contributed by atoms with Gasteiger partial charge in [-0.1, -0.05) is 0 Å². The summed E-state index contributed by atoms with van der Waals surface area (Å²) >= 11 is 1.96. The van der Waals surface area contributed by atoms with Gasteiger partial charge in [0.05, 0.1) is 17.2 Å². The molecule has 0 unspecified atom stereocenters. The van der Waals surface area contributed by atoms with Gasteiger partial charge >= 0.3 is 5.69 Å². The molecule has 4 rings (SSSR count). The zero-order valence-electron chi connectivity index (χ0n) is 17.6. The fraction of sp³-hybridized carbons (Fsp3) is 0.333. The molecule has 2 heterocycles. The highest BCUT2D eigenvalue weighted by Crippen LogP contribution is 2.33. The SMILES string of the molecule is Cc1c(=O)n(C)c(Nc2ccc(I)cc2F)c2c(=O)n(C3CC3)c(=O)n(C(=O)[C@H](C)N)c12. The Morgan fingerprint density at radius 2 is 1.91 bits per heavy atom. The predicted molar refractivity (Wildman–Crippen MR) is 127 cm³/mol. The highest BCUT2D eigenvalue weighted by molar-refractivity contribution is 14.1. The van der Waals surface area contributed by atoms with Crippen LogP contribution in [0.25, 0.3) is 10.9 Å². The van der Waals surface area contributed by atoms with Gasteiger partial charge in [-0.25, -0.2) is 13.8 Å². The lowest BCUT2D eigenvalue weighted by Gasteiger charge is -2.20. The maximum Gasteiger partial charge on any atom is 0.338 e. The van der Waals surface area contributed by atoms with E-state index in [4.69, 9.17) is 5.73 Å². The largest absolute Gasteiger partial charge is 0.338 e. The summed E-state index contributed by atoms with van der Waals surface area (Å²) in [7, 11) is 1.44. The van der Waals surface area contributed by atoms with Gasteiger partial charge in [0.1, 0.15) is 17.0 Å². The fourth-order valence-corrected chi connectivity index (χ4v) is 4.20. The van der Waals surface area contributed by atoms with E-state index in [1.165, 1.54) is 37.6 Å². The van der Waals surface area contributed by atoms with Gasteiger partial charge in [0.25, 0.3) is 17.0 Å². The second-order valence-electron chi connectivity index (χ2n) is 7.96. The molecule has 1 fully saturated rings. The number of hydrogen-bond acceptors (Lipinski definition) is 6. The first kappa shape index (κ1) is 22.4. The van der Waals surface area contributed by atoms with Crippen molar-refractivity contribution in [3.05, 3.63) is 64.3 Å². The van der Waals surface area contributed by atoms with E-state index in [2.05, 4.69) is 5.32 Å². The summed E-state index contributed by atoms with van der Waals surface area (Å²) in [5.41, 5.74) is 3.73. The molecule has 11 heteroatoms. The zero-order chi connectivity index (χ0) is 23.5. The first-order valence-electron chi connectivity index (χ1n) is 9.97. The standard InChI is InChI=1S/C21H21FIN5O4/c1-9-16-15(17(26(3)18(9)29)25-14-7-4-11(23)8-13(14)22)20(31)27(12-5-6-12)21(32)28(16)19(30)10(2)24/h4,7-8,10,12,25H,5-6,24H2,1-3H3/t10-/m0/s1. The minimum atomic E-state index is -1.05. The van der Waals surface area contributed by atoms with Gasteiger partial charge in [0.15, 0.2) is 0 Å². The number of benzene rings is 1. The zero-order valence-corrected chi connectivity index (χ0v) is 19.8. The van der Waals surface area contributed by atoms with Crippen LogP contribution in [0.15, 0.2) is 32.6 Å². The molecule has 0 amide bonds. The van der Waals surface area contributed by atoms with E-state index in [9.17, 15) is 23.6 Å². The van der Waals surface area contributed by atoms with Crippen molar-refractivity contribution in [2.45, 2.75) is 38.8 Å². The van der Waals surface area contributed by atoms with E-state index in [1.807, 2.05) is 22.6 Å². The molecule has 1 saturated carbocycles. The quantitative estimate of drug-likeness (QED) is 0.477. The molecule has 0 bridgehead atoms. The number of rotatable bonds is 4. The van der Waals surface area contributed by atoms with E-state index < -0.39 is 34.6 Å². The summed E-state index contributed by atoms with van der Waals surface area (Å²) in [6.45, 7) is 2.86. The van der Waals surface area contributed by atoms with Crippen molar-refractivity contribution in [3.8, 4) is 0 Å². The lowest BCUT2D eigenvalue weighted by Crippen LogP contribution is -2.47. The van der Waals surface area contributed by atoms with E-state index in [0.717, 1.165) is 9.13 Å². The van der Waals surface area contributed by atoms with E-state index in [0.29, 0.717) is 16.4 Å². The molecule has 0 saturated heterocycles. The number of hydrogen-bond donors (Lipinski definition) is 2. The Morgan fingerprint density at radius 1 is 1.25 bits per heavy atom. The molecule has 0 spiro atoms. The molecule has 32 heavy (non-hydrogen) atoms. The van der Waals surface area contributed by atoms with Crippen LogP contribution in [-0.4, -0.2) is 25.7 Å². The molecule has 9 nitrogen and oxygen atoms in total. The maximum absolute atomic E-state index is 14.6. The molecular weight excluding hydrogens is 532 g/mol. The van der Waals surface area contributed by atoms with Crippen LogP contribution in [0.5, 0.6) is 0 Å². The third kappa shape index (κ3) is 3.48. The molecule has 1 aliphatic rings. The second kappa shape index (κ2) is 7.96. The molecule has 0 aliphatic heterocycles. The van der Waals surface area contributed by atoms with E-state index in [1.54, 1.807) is 6.07 Å². The lowest BCUT2D eigenvalue weighted by atomic mass is 10.1. The van der Waals surface area contributed by atoms with Crippen molar-refractivity contribution in [3.63, 3.8) is 0 Å². The van der Waals surface area contributed by atoms with Gasteiger partial charge in [0, 0.05) is 22.2 Å². The summed E-state index contributed by atoms with van der Waals surface area (Å²) < 4.78 is 18.3. The van der Waals surface area contributed by atoms with Gasteiger partial charge in [-0.15, -0.1) is 0 Å². The number of fused-ring (bicyclic) bond motifs is 1. The van der Waals surface area contributed by atoms with Crippen LogP contribution < -0.4 is 27.9 Å². The minimum absolute atomic E-state index is 0.0127. The predicted octanol–water partition coefficient (Wildman–Crippen LogP) is 1.98. The monoisotopic (exact) mass is 553 g/mol. The Kier molecular flexibility index (Phi) is 5.57. The summed E-state index contributed by atoms with van der Waals surface area (Å²) in [5, 5.41) is 2.78. The molecule has 1 aliphatic carbocycles. The fourth-order valence-electron chi connectivity index (χ4n) is 3.74. The van der Waals surface area contributed by atoms with Crippen molar-refractivity contribution < 1.29 is 9.18 Å². The first-order valence-corrected chi connectivity index (χ1v) is 11.0. The van der Waals surface area contributed by atoms with Crippen LogP contribution in [0, 0.1) is 16.3 Å². The maximum atomic E-state index is 14.6. The van der Waals surface area contributed by atoms with Crippen LogP contribution in [0.3, 0.4) is 0 Å². The van der Waals surface area contributed by atoms with Gasteiger partial charge in [-0.2, -0.15) is 0 Å². The van der Waals surface area contributed by atoms with Crippen molar-refractivity contribution in [2.24, 2.45) is 12.8 Å². The van der Waals surface area contributed by atoms with Gasteiger partial charge in [-0.3, -0.25) is 23.5 Å². The Balaban J connectivity index is 2.18. The summed E-state index contributed by atoms with van der Waals surface area (Å²) in [6, 6.07) is 3.06. The molecule has 0 radical (unpaired) electrons. The Morgan fingerprint density at radius 3 is 2.47 bits per heavy atom. The normalized spacial score (nSPS) is 14.6. The van der Waals surface area contributed by atoms with Crippen LogP contribution in [0.1, 0.15) is 36.2 Å². The van der Waals surface area contributed by atoms with Crippen LogP contribution in [0.2, 0.25) is 0 Å². The summed E-state index contributed by atoms with van der Waals surface area (Å²) in [5.74, 6) is -1.33. The van der Waals surface area contributed by atoms with Crippen LogP contribution >= 0.6 is 22.6 Å². The van der Waals surface area contributed by atoms with Crippen molar-refractivity contribution in [1.29, 1.82) is 0 Å². The average Bonchev–Trinajstić information content (AvgIpc) is 3.55. The van der Waals surface area contributed by atoms with Crippen molar-refractivity contribution >= 4 is 50.9 Å². The number of pyridine rings is 1. The van der Waals surface area contributed by atoms with Gasteiger partial charge < -0.3 is 11.1 Å². The number of nitrogens with two attached hydrogens (primary N) is 1. The summed E-state index contributed by atoms with van der Waals surface area (Å²) in [4.78, 5) is 52.6. The van der Waals surface area contributed by atoms with Gasteiger partial charge in [0.2, 0.25) is 0 Å². The van der Waals surface area contributed by atoms with E-state index >= 15 is 0 Å². The number of nitrogens with zero attached hydrogens (tertiary/aromatic N) is 3. The molecule has 1 aromatic carbocycles. The Bertz CT molecular complexity index is 1470. The Hall–Kier alpha value is -2.80. The highest BCUT2D eigenvalue weighted by Gasteiger charge is 2.33. The highest BCUT2D eigenvalue weighted by atomic mass is 127. The molecular formula is C21H21FIN5O4. The molecule has 3 aromatic rings. The topological polar surface area (TPSA) is 121 Å². The number of anilines is 2. The second-order valence-corrected chi connectivity index (χ2v) is 9.21. The van der Waals surface area contributed by atoms with Gasteiger partial charge in [-0.05, 0) is 67.5 Å². The van der Waals surface area contributed by atoms with E-state index in [-0.39, 0.29) is 34.0 Å². The third-order valence-electron chi connectivity index (χ3n) is 5.55. The number of halogens is 2. The smallest absolute Gasteiger partial charge is 0.338 e. The minimum Gasteiger partial charge on any atom is -0.338 e. The number of aromatic nitrogens is 3. The van der Waals surface area contributed by atoms with Crippen molar-refractivity contribution in [1.82, 2.24) is 13.7 Å². The number of carbonyl (C=O) groups is 1. The first-order chi connectivity index (χ1) is 15.0. The lowest BCUT2D eigenvalue weighted by molar-refractivity contribution is 0.0884. The van der Waals surface area contributed by atoms with Crippen LogP contribution in [-0.2, 0) is 7.05 Å². The molecule has 3 N–H and O–H groups in total. The number of nitrogens with one attached hydrogen (secondary N) is 1. The summed E-state index contributed by atoms with van der Waals surface area (Å²) in [6.07, 6.45) is 1.23. The average molecular weight is 553 g/mol. The molecule has 2 aromatic heterocycles. The van der Waals surface area contributed by atoms with Crippen LogP contribution in [0.4, 0.5) is 15.9 Å². The van der Waals surface area contributed by atoms with Crippen molar-refractivity contribution in [2.75, 3.05) is 5.32 Å². The molecule has 168 valence electrons.